The molecular weight excluding hydrogens is 326 g/mol. The molecule has 1 aromatic carbocycles. The van der Waals surface area contributed by atoms with Crippen LogP contribution in [0.2, 0.25) is 0 Å². The lowest BCUT2D eigenvalue weighted by Crippen LogP contribution is -2.52. The molecular formula is C21H29N3O2. The molecule has 4 rings (SSSR count). The number of hydrogen-bond donors (Lipinski definition) is 0. The number of hydrazine groups is 1. The minimum Gasteiger partial charge on any atom is -0.312 e. The summed E-state index contributed by atoms with van der Waals surface area (Å²) in [6.45, 7) is 6.68. The van der Waals surface area contributed by atoms with Gasteiger partial charge in [-0.15, -0.1) is 0 Å². The molecule has 0 N–H and O–H groups in total. The van der Waals surface area contributed by atoms with Crippen molar-refractivity contribution in [2.45, 2.75) is 51.9 Å². The van der Waals surface area contributed by atoms with Crippen LogP contribution in [-0.4, -0.2) is 48.0 Å². The summed E-state index contributed by atoms with van der Waals surface area (Å²) in [5.41, 5.74) is 2.21. The standard InChI is InChI=1S/C21H29N3O2/c1-3-24(16(2)25)22-13-10-21(11-14-22)12-15-23(20(21)26)19-8-6-18(7-9-19)17-4-5-17/h6-9,17H,3-5,10-15H2,1-2H3. The Bertz CT molecular complexity index is 688. The first kappa shape index (κ1) is 17.5. The maximum Gasteiger partial charge on any atom is 0.233 e. The van der Waals surface area contributed by atoms with Crippen molar-refractivity contribution in [3.05, 3.63) is 29.8 Å². The number of piperidine rings is 1. The van der Waals surface area contributed by atoms with Crippen molar-refractivity contribution in [2.24, 2.45) is 5.41 Å². The second-order valence-electron chi connectivity index (χ2n) is 8.04. The first-order valence-corrected chi connectivity index (χ1v) is 9.99. The molecule has 5 nitrogen and oxygen atoms in total. The van der Waals surface area contributed by atoms with Crippen LogP contribution in [0, 0.1) is 5.41 Å². The van der Waals surface area contributed by atoms with E-state index in [1.165, 1.54) is 18.4 Å². The summed E-state index contributed by atoms with van der Waals surface area (Å²) >= 11 is 0. The van der Waals surface area contributed by atoms with Crippen LogP contribution in [0.1, 0.15) is 57.4 Å². The maximum atomic E-state index is 13.2. The molecule has 5 heteroatoms. The van der Waals surface area contributed by atoms with Gasteiger partial charge in [0.05, 0.1) is 5.41 Å². The number of amides is 2. The Labute approximate surface area is 155 Å². The topological polar surface area (TPSA) is 43.9 Å². The molecule has 0 bridgehead atoms. The fraction of sp³-hybridized carbons (Fsp3) is 0.619. The Hall–Kier alpha value is -1.88. The number of carbonyl (C=O) groups excluding carboxylic acids is 2. The van der Waals surface area contributed by atoms with Gasteiger partial charge in [0.2, 0.25) is 11.8 Å². The lowest BCUT2D eigenvalue weighted by Gasteiger charge is -2.42. The monoisotopic (exact) mass is 355 g/mol. The zero-order valence-corrected chi connectivity index (χ0v) is 15.9. The largest absolute Gasteiger partial charge is 0.312 e. The van der Waals surface area contributed by atoms with Gasteiger partial charge in [-0.3, -0.25) is 14.6 Å². The molecule has 1 aromatic rings. The van der Waals surface area contributed by atoms with Crippen LogP contribution in [0.15, 0.2) is 24.3 Å². The average Bonchev–Trinajstić information content (AvgIpc) is 3.44. The molecule has 0 atom stereocenters. The highest BCUT2D eigenvalue weighted by Crippen LogP contribution is 2.44. The van der Waals surface area contributed by atoms with Crippen molar-refractivity contribution in [2.75, 3.05) is 31.1 Å². The zero-order valence-electron chi connectivity index (χ0n) is 15.9. The van der Waals surface area contributed by atoms with E-state index < -0.39 is 0 Å². The number of carbonyl (C=O) groups is 2. The van der Waals surface area contributed by atoms with Gasteiger partial charge in [0.25, 0.3) is 0 Å². The Kier molecular flexibility index (Phi) is 4.51. The Morgan fingerprint density at radius 3 is 2.27 bits per heavy atom. The van der Waals surface area contributed by atoms with E-state index in [1.807, 2.05) is 11.8 Å². The van der Waals surface area contributed by atoms with Crippen molar-refractivity contribution in [1.82, 2.24) is 10.0 Å². The third kappa shape index (κ3) is 3.02. The van der Waals surface area contributed by atoms with Gasteiger partial charge in [-0.2, -0.15) is 0 Å². The summed E-state index contributed by atoms with van der Waals surface area (Å²) in [7, 11) is 0. The third-order valence-electron chi connectivity index (χ3n) is 6.47. The summed E-state index contributed by atoms with van der Waals surface area (Å²) in [6, 6.07) is 8.63. The van der Waals surface area contributed by atoms with E-state index in [0.29, 0.717) is 6.54 Å². The molecule has 1 spiro atoms. The van der Waals surface area contributed by atoms with Crippen molar-refractivity contribution in [1.29, 1.82) is 0 Å². The minimum atomic E-state index is -0.234. The molecule has 0 aromatic heterocycles. The van der Waals surface area contributed by atoms with Crippen LogP contribution in [0.3, 0.4) is 0 Å². The van der Waals surface area contributed by atoms with Gasteiger partial charge in [-0.25, -0.2) is 5.01 Å². The highest BCUT2D eigenvalue weighted by atomic mass is 16.2. The first-order chi connectivity index (χ1) is 12.5. The zero-order chi connectivity index (χ0) is 18.3. The van der Waals surface area contributed by atoms with Crippen LogP contribution in [0.25, 0.3) is 0 Å². The molecule has 1 saturated carbocycles. The molecule has 2 heterocycles. The fourth-order valence-electron chi connectivity index (χ4n) is 4.66. The molecule has 26 heavy (non-hydrogen) atoms. The van der Waals surface area contributed by atoms with Gasteiger partial charge in [-0.05, 0) is 62.6 Å². The van der Waals surface area contributed by atoms with Crippen LogP contribution >= 0.6 is 0 Å². The summed E-state index contributed by atoms with van der Waals surface area (Å²) < 4.78 is 0. The number of benzene rings is 1. The Morgan fingerprint density at radius 1 is 1.12 bits per heavy atom. The van der Waals surface area contributed by atoms with Gasteiger partial charge < -0.3 is 4.90 Å². The highest BCUT2D eigenvalue weighted by molar-refractivity contribution is 6.00. The number of rotatable bonds is 4. The third-order valence-corrected chi connectivity index (χ3v) is 6.47. The highest BCUT2D eigenvalue weighted by Gasteiger charge is 2.49. The number of nitrogens with zero attached hydrogens (tertiary/aromatic N) is 3. The average molecular weight is 355 g/mol. The lowest BCUT2D eigenvalue weighted by molar-refractivity contribution is -0.152. The van der Waals surface area contributed by atoms with Crippen LogP contribution in [-0.2, 0) is 9.59 Å². The van der Waals surface area contributed by atoms with Crippen molar-refractivity contribution < 1.29 is 9.59 Å². The van der Waals surface area contributed by atoms with E-state index in [-0.39, 0.29) is 17.2 Å². The van der Waals surface area contributed by atoms with E-state index in [2.05, 4.69) is 29.3 Å². The van der Waals surface area contributed by atoms with Crippen molar-refractivity contribution >= 4 is 17.5 Å². The molecule has 0 radical (unpaired) electrons. The maximum absolute atomic E-state index is 13.2. The molecule has 1 aliphatic carbocycles. The van der Waals surface area contributed by atoms with E-state index in [4.69, 9.17) is 0 Å². The van der Waals surface area contributed by atoms with E-state index in [0.717, 1.165) is 50.5 Å². The van der Waals surface area contributed by atoms with Crippen molar-refractivity contribution in [3.63, 3.8) is 0 Å². The molecule has 0 unspecified atom stereocenters. The lowest BCUT2D eigenvalue weighted by atomic mass is 9.77. The van der Waals surface area contributed by atoms with E-state index in [9.17, 15) is 9.59 Å². The Balaban J connectivity index is 1.43. The summed E-state index contributed by atoms with van der Waals surface area (Å²) in [4.78, 5) is 27.0. The van der Waals surface area contributed by atoms with Gasteiger partial charge in [-0.1, -0.05) is 12.1 Å². The van der Waals surface area contributed by atoms with Gasteiger partial charge >= 0.3 is 0 Å². The predicted octanol–water partition coefficient (Wildman–Crippen LogP) is 3.17. The molecule has 2 aliphatic heterocycles. The minimum absolute atomic E-state index is 0.0820. The smallest absolute Gasteiger partial charge is 0.233 e. The molecule has 140 valence electrons. The molecule has 2 saturated heterocycles. The van der Waals surface area contributed by atoms with Crippen LogP contribution in [0.4, 0.5) is 5.69 Å². The number of anilines is 1. The quantitative estimate of drug-likeness (QED) is 0.833. The van der Waals surface area contributed by atoms with Crippen LogP contribution < -0.4 is 4.90 Å². The molecule has 3 fully saturated rings. The SMILES string of the molecule is CCN(C(C)=O)N1CCC2(CCN(c3ccc(C4CC4)cc3)C2=O)CC1. The summed E-state index contributed by atoms with van der Waals surface area (Å²) in [5.74, 6) is 1.11. The van der Waals surface area contributed by atoms with Gasteiger partial charge in [0.15, 0.2) is 0 Å². The normalized spacial score (nSPS) is 22.8. The fourth-order valence-corrected chi connectivity index (χ4v) is 4.66. The van der Waals surface area contributed by atoms with Gasteiger partial charge in [0, 0.05) is 38.8 Å². The van der Waals surface area contributed by atoms with E-state index in [1.54, 1.807) is 11.9 Å². The molecule has 2 amide bonds. The Morgan fingerprint density at radius 2 is 1.73 bits per heavy atom. The number of hydrogen-bond acceptors (Lipinski definition) is 3. The summed E-state index contributed by atoms with van der Waals surface area (Å²) in [6.07, 6.45) is 5.21. The van der Waals surface area contributed by atoms with Gasteiger partial charge in [0.1, 0.15) is 0 Å². The first-order valence-electron chi connectivity index (χ1n) is 9.99. The second-order valence-corrected chi connectivity index (χ2v) is 8.04. The predicted molar refractivity (Wildman–Crippen MR) is 102 cm³/mol. The van der Waals surface area contributed by atoms with E-state index >= 15 is 0 Å². The summed E-state index contributed by atoms with van der Waals surface area (Å²) in [5, 5.41) is 3.93. The second kappa shape index (κ2) is 6.69. The molecule has 3 aliphatic rings. The van der Waals surface area contributed by atoms with Crippen molar-refractivity contribution in [3.8, 4) is 0 Å². The van der Waals surface area contributed by atoms with Crippen LogP contribution in [0.5, 0.6) is 0 Å².